The van der Waals surface area contributed by atoms with Gasteiger partial charge in [-0.25, -0.2) is 4.98 Å². The average molecular weight is 137 g/mol. The van der Waals surface area contributed by atoms with Crippen LogP contribution in [0.3, 0.4) is 0 Å². The second-order valence-corrected chi connectivity index (χ2v) is 1.63. The fourth-order valence-corrected chi connectivity index (χ4v) is 0.555. The molecule has 4 heteroatoms. The topological polar surface area (TPSA) is 49.3 Å². The van der Waals surface area contributed by atoms with Crippen molar-refractivity contribution in [2.45, 2.75) is 0 Å². The van der Waals surface area contributed by atoms with Crippen molar-refractivity contribution in [3.05, 3.63) is 35.4 Å². The SMILES string of the molecule is [N-]=[N+]=Cc1cccc(F)n1. The first-order valence-electron chi connectivity index (χ1n) is 2.63. The van der Waals surface area contributed by atoms with Gasteiger partial charge < -0.3 is 5.53 Å². The zero-order chi connectivity index (χ0) is 7.40. The molecular formula is C6H4FN3. The molecule has 0 aliphatic heterocycles. The molecule has 0 aliphatic carbocycles. The molecule has 0 aliphatic rings. The summed E-state index contributed by atoms with van der Waals surface area (Å²) in [5, 5.41) is 0. The second-order valence-electron chi connectivity index (χ2n) is 1.63. The summed E-state index contributed by atoms with van der Waals surface area (Å²) in [5.41, 5.74) is 8.31. The molecule has 0 fully saturated rings. The molecule has 0 N–H and O–H groups in total. The lowest BCUT2D eigenvalue weighted by atomic mass is 10.4. The molecule has 50 valence electrons. The third-order valence-electron chi connectivity index (χ3n) is 0.927. The van der Waals surface area contributed by atoms with Gasteiger partial charge in [-0.3, -0.25) is 0 Å². The Morgan fingerprint density at radius 2 is 2.40 bits per heavy atom. The molecule has 1 aromatic heterocycles. The van der Waals surface area contributed by atoms with E-state index in [-0.39, 0.29) is 0 Å². The van der Waals surface area contributed by atoms with Crippen molar-refractivity contribution in [1.29, 1.82) is 0 Å². The van der Waals surface area contributed by atoms with Crippen molar-refractivity contribution < 1.29 is 9.18 Å². The van der Waals surface area contributed by atoms with Crippen molar-refractivity contribution in [2.24, 2.45) is 0 Å². The number of hydrogen-bond donors (Lipinski definition) is 0. The third-order valence-corrected chi connectivity index (χ3v) is 0.927. The van der Waals surface area contributed by atoms with Crippen molar-refractivity contribution >= 4 is 6.21 Å². The smallest absolute Gasteiger partial charge is 0.306 e. The molecule has 1 aromatic rings. The van der Waals surface area contributed by atoms with Crippen molar-refractivity contribution in [1.82, 2.24) is 4.98 Å². The molecule has 0 radical (unpaired) electrons. The Hall–Kier alpha value is -1.54. The zero-order valence-electron chi connectivity index (χ0n) is 5.03. The Kier molecular flexibility index (Phi) is 1.87. The number of aromatic nitrogens is 1. The van der Waals surface area contributed by atoms with Crippen LogP contribution in [0.2, 0.25) is 0 Å². The highest BCUT2D eigenvalue weighted by Gasteiger charge is 1.94. The summed E-state index contributed by atoms with van der Waals surface area (Å²) in [6.07, 6.45) is 1.06. The van der Waals surface area contributed by atoms with Gasteiger partial charge in [0.1, 0.15) is 5.69 Å². The van der Waals surface area contributed by atoms with Crippen LogP contribution in [0.15, 0.2) is 18.2 Å². The third kappa shape index (κ3) is 1.47. The Bertz CT molecular complexity index is 278. The van der Waals surface area contributed by atoms with Gasteiger partial charge in [-0.2, -0.15) is 9.18 Å². The average Bonchev–Trinajstić information content (AvgIpc) is 1.88. The summed E-state index contributed by atoms with van der Waals surface area (Å²) in [6.45, 7) is 0. The summed E-state index contributed by atoms with van der Waals surface area (Å²) < 4.78 is 12.2. The molecule has 1 rings (SSSR count). The van der Waals surface area contributed by atoms with Crippen LogP contribution in [0.1, 0.15) is 5.69 Å². The minimum atomic E-state index is -0.586. The van der Waals surface area contributed by atoms with Crippen molar-refractivity contribution in [3.63, 3.8) is 0 Å². The first kappa shape index (κ1) is 6.58. The lowest BCUT2D eigenvalue weighted by molar-refractivity contribution is 0.00421. The molecule has 0 saturated heterocycles. The normalized spacial score (nSPS) is 8.50. The van der Waals surface area contributed by atoms with Crippen LogP contribution in [-0.4, -0.2) is 16.0 Å². The van der Waals surface area contributed by atoms with Gasteiger partial charge in [0.2, 0.25) is 5.95 Å². The van der Waals surface area contributed by atoms with Crippen LogP contribution in [0.25, 0.3) is 5.53 Å². The van der Waals surface area contributed by atoms with Gasteiger partial charge in [0.15, 0.2) is 0 Å². The number of hydrogen-bond acceptors (Lipinski definition) is 1. The molecule has 0 spiro atoms. The standard InChI is InChI=1S/C6H4FN3/c7-6-3-1-2-5(10-6)4-9-8/h1-4H. The maximum atomic E-state index is 12.2. The first-order valence-corrected chi connectivity index (χ1v) is 2.63. The largest absolute Gasteiger partial charge is 0.361 e. The van der Waals surface area contributed by atoms with Crippen LogP contribution >= 0.6 is 0 Å². The molecule has 3 nitrogen and oxygen atoms in total. The molecule has 1 heterocycles. The van der Waals surface area contributed by atoms with Crippen LogP contribution in [0, 0.1) is 5.95 Å². The van der Waals surface area contributed by atoms with Crippen LogP contribution in [-0.2, 0) is 0 Å². The van der Waals surface area contributed by atoms with Gasteiger partial charge in [-0.1, -0.05) is 6.07 Å². The highest BCUT2D eigenvalue weighted by molar-refractivity contribution is 5.71. The molecule has 0 saturated carbocycles. The van der Waals surface area contributed by atoms with Crippen LogP contribution in [0.4, 0.5) is 4.39 Å². The van der Waals surface area contributed by atoms with Gasteiger partial charge in [0.05, 0.1) is 0 Å². The van der Waals surface area contributed by atoms with Crippen LogP contribution in [0.5, 0.6) is 0 Å². The molecule has 10 heavy (non-hydrogen) atoms. The summed E-state index contributed by atoms with van der Waals surface area (Å²) in [7, 11) is 0. The van der Waals surface area contributed by atoms with E-state index in [4.69, 9.17) is 5.53 Å². The first-order chi connectivity index (χ1) is 4.83. The van der Waals surface area contributed by atoms with E-state index in [1.165, 1.54) is 18.2 Å². The Morgan fingerprint density at radius 1 is 1.60 bits per heavy atom. The lowest BCUT2D eigenvalue weighted by Crippen LogP contribution is -1.89. The predicted octanol–water partition coefficient (Wildman–Crippen LogP) is 0.869. The van der Waals surface area contributed by atoms with E-state index in [9.17, 15) is 4.39 Å². The van der Waals surface area contributed by atoms with Gasteiger partial charge in [0, 0.05) is 0 Å². The fraction of sp³-hybridized carbons (Fsp3) is 0. The maximum absolute atomic E-state index is 12.2. The van der Waals surface area contributed by atoms with Crippen molar-refractivity contribution in [3.8, 4) is 0 Å². The molecule has 0 unspecified atom stereocenters. The van der Waals surface area contributed by atoms with Gasteiger partial charge in [-0.05, 0) is 12.1 Å². The zero-order valence-corrected chi connectivity index (χ0v) is 5.03. The number of nitrogens with zero attached hydrogens (tertiary/aromatic N) is 3. The Morgan fingerprint density at radius 3 is 3.00 bits per heavy atom. The molecular weight excluding hydrogens is 133 g/mol. The Labute approximate surface area is 56.8 Å². The highest BCUT2D eigenvalue weighted by atomic mass is 19.1. The van der Waals surface area contributed by atoms with E-state index in [1.54, 1.807) is 0 Å². The predicted molar refractivity (Wildman–Crippen MR) is 33.0 cm³/mol. The van der Waals surface area contributed by atoms with Gasteiger partial charge in [-0.15, -0.1) is 0 Å². The molecule has 0 amide bonds. The molecule has 0 bridgehead atoms. The van der Waals surface area contributed by atoms with E-state index in [1.807, 2.05) is 0 Å². The summed E-state index contributed by atoms with van der Waals surface area (Å²) >= 11 is 0. The van der Waals surface area contributed by atoms with Crippen LogP contribution < -0.4 is 0 Å². The van der Waals surface area contributed by atoms with Gasteiger partial charge in [0.25, 0.3) is 0 Å². The quantitative estimate of drug-likeness (QED) is 0.245. The van der Waals surface area contributed by atoms with Gasteiger partial charge >= 0.3 is 6.21 Å². The van der Waals surface area contributed by atoms with E-state index in [2.05, 4.69) is 9.77 Å². The monoisotopic (exact) mass is 137 g/mol. The summed E-state index contributed by atoms with van der Waals surface area (Å²) in [5.74, 6) is -0.586. The fourth-order valence-electron chi connectivity index (χ4n) is 0.555. The Balaban J connectivity index is 3.06. The maximum Gasteiger partial charge on any atom is 0.306 e. The van der Waals surface area contributed by atoms with E-state index >= 15 is 0 Å². The second kappa shape index (κ2) is 2.85. The highest BCUT2D eigenvalue weighted by Crippen LogP contribution is 1.92. The molecule has 0 atom stereocenters. The number of rotatable bonds is 1. The number of pyridine rings is 1. The van der Waals surface area contributed by atoms with E-state index in [0.29, 0.717) is 5.69 Å². The molecule has 0 aromatic carbocycles. The van der Waals surface area contributed by atoms with Crippen molar-refractivity contribution in [2.75, 3.05) is 0 Å². The lowest BCUT2D eigenvalue weighted by Gasteiger charge is -1.84. The minimum absolute atomic E-state index is 0.294. The summed E-state index contributed by atoms with van der Waals surface area (Å²) in [6, 6.07) is 4.23. The summed E-state index contributed by atoms with van der Waals surface area (Å²) in [4.78, 5) is 6.08. The van der Waals surface area contributed by atoms with E-state index in [0.717, 1.165) is 6.21 Å². The minimum Gasteiger partial charge on any atom is -0.361 e. The number of halogens is 1. The van der Waals surface area contributed by atoms with E-state index < -0.39 is 5.95 Å².